The van der Waals surface area contributed by atoms with Gasteiger partial charge in [0.25, 0.3) is 0 Å². The van der Waals surface area contributed by atoms with E-state index in [2.05, 4.69) is 29.3 Å². The van der Waals surface area contributed by atoms with Gasteiger partial charge in [0.05, 0.1) is 0 Å². The van der Waals surface area contributed by atoms with E-state index in [1.165, 1.54) is 4.88 Å². The second-order valence-corrected chi connectivity index (χ2v) is 8.03. The first-order valence-corrected chi connectivity index (χ1v) is 8.89. The Morgan fingerprint density at radius 3 is 2.55 bits per heavy atom. The molecule has 0 bridgehead atoms. The van der Waals surface area contributed by atoms with Crippen LogP contribution in [0.3, 0.4) is 0 Å². The fourth-order valence-corrected chi connectivity index (χ4v) is 3.67. The number of ether oxygens (including phenoxy) is 1. The van der Waals surface area contributed by atoms with Crippen LogP contribution in [0.2, 0.25) is 0 Å². The van der Waals surface area contributed by atoms with Crippen LogP contribution >= 0.6 is 11.3 Å². The van der Waals surface area contributed by atoms with Crippen LogP contribution in [0.1, 0.15) is 51.5 Å². The summed E-state index contributed by atoms with van der Waals surface area (Å²) in [5.41, 5.74) is -0.431. The highest BCUT2D eigenvalue weighted by molar-refractivity contribution is 7.10. The van der Waals surface area contributed by atoms with Gasteiger partial charge < -0.3 is 9.64 Å². The van der Waals surface area contributed by atoms with Crippen LogP contribution in [0.4, 0.5) is 4.79 Å². The first kappa shape index (κ1) is 17.3. The molecule has 2 rings (SSSR count). The average Bonchev–Trinajstić information content (AvgIpc) is 2.98. The Morgan fingerprint density at radius 1 is 1.41 bits per heavy atom. The molecule has 0 N–H and O–H groups in total. The molecule has 0 radical (unpaired) electrons. The van der Waals surface area contributed by atoms with E-state index >= 15 is 0 Å². The van der Waals surface area contributed by atoms with E-state index < -0.39 is 5.60 Å². The normalized spacial score (nSPS) is 19.0. The maximum atomic E-state index is 12.2. The highest BCUT2D eigenvalue weighted by atomic mass is 32.1. The monoisotopic (exact) mass is 324 g/mol. The topological polar surface area (TPSA) is 32.8 Å². The van der Waals surface area contributed by atoms with Crippen molar-refractivity contribution in [2.24, 2.45) is 0 Å². The average molecular weight is 324 g/mol. The van der Waals surface area contributed by atoms with Gasteiger partial charge in [-0.1, -0.05) is 6.07 Å². The third-order valence-corrected chi connectivity index (χ3v) is 5.27. The minimum Gasteiger partial charge on any atom is -0.444 e. The number of carbonyl (C=O) groups excluding carboxylic acids is 1. The fraction of sp³-hybridized carbons (Fsp3) is 0.706. The van der Waals surface area contributed by atoms with E-state index in [1.54, 1.807) is 4.90 Å². The highest BCUT2D eigenvalue weighted by Crippen LogP contribution is 2.28. The smallest absolute Gasteiger partial charge is 0.410 e. The summed E-state index contributed by atoms with van der Waals surface area (Å²) >= 11 is 1.82. The molecule has 124 valence electrons. The Morgan fingerprint density at radius 2 is 2.05 bits per heavy atom. The molecule has 22 heavy (non-hydrogen) atoms. The third kappa shape index (κ3) is 4.46. The summed E-state index contributed by atoms with van der Waals surface area (Å²) in [6.45, 7) is 10.0. The van der Waals surface area contributed by atoms with Crippen LogP contribution in [0.5, 0.6) is 0 Å². The van der Waals surface area contributed by atoms with Gasteiger partial charge in [0, 0.05) is 37.1 Å². The lowest BCUT2D eigenvalue weighted by molar-refractivity contribution is 0.0134. The molecule has 5 heteroatoms. The number of piperidine rings is 1. The second-order valence-electron chi connectivity index (χ2n) is 7.05. The van der Waals surface area contributed by atoms with Crippen molar-refractivity contribution in [2.45, 2.75) is 58.2 Å². The SMILES string of the molecule is CC(c1cccs1)N1CCC(N(C)C(=O)OC(C)(C)C)CC1. The van der Waals surface area contributed by atoms with Crippen molar-refractivity contribution in [1.29, 1.82) is 0 Å². The van der Waals surface area contributed by atoms with Gasteiger partial charge in [-0.2, -0.15) is 0 Å². The molecule has 1 atom stereocenters. The van der Waals surface area contributed by atoms with Crippen LogP contribution in [0.15, 0.2) is 17.5 Å². The molecule has 0 aliphatic carbocycles. The molecule has 2 heterocycles. The van der Waals surface area contributed by atoms with Gasteiger partial charge in [0.1, 0.15) is 5.60 Å². The van der Waals surface area contributed by atoms with Gasteiger partial charge in [0.2, 0.25) is 0 Å². The summed E-state index contributed by atoms with van der Waals surface area (Å²) < 4.78 is 5.46. The lowest BCUT2D eigenvalue weighted by atomic mass is 10.0. The van der Waals surface area contributed by atoms with Crippen molar-refractivity contribution < 1.29 is 9.53 Å². The minimum absolute atomic E-state index is 0.211. The van der Waals surface area contributed by atoms with Crippen LogP contribution < -0.4 is 0 Å². The molecule has 1 aliphatic rings. The molecule has 1 aromatic heterocycles. The molecular formula is C17H28N2O2S. The zero-order valence-corrected chi connectivity index (χ0v) is 15.2. The Hall–Kier alpha value is -1.07. The van der Waals surface area contributed by atoms with E-state index in [9.17, 15) is 4.79 Å². The quantitative estimate of drug-likeness (QED) is 0.837. The number of thiophene rings is 1. The molecule has 1 aliphatic heterocycles. The Kier molecular flexibility index (Phi) is 5.50. The van der Waals surface area contributed by atoms with Crippen LogP contribution in [-0.2, 0) is 4.74 Å². The molecule has 1 amide bonds. The van der Waals surface area contributed by atoms with E-state index in [0.717, 1.165) is 25.9 Å². The van der Waals surface area contributed by atoms with Gasteiger partial charge in [-0.25, -0.2) is 4.79 Å². The number of nitrogens with zero attached hydrogens (tertiary/aromatic N) is 2. The van der Waals surface area contributed by atoms with Crippen LogP contribution in [0, 0.1) is 0 Å². The predicted octanol–water partition coefficient (Wildman–Crippen LogP) is 4.14. The highest BCUT2D eigenvalue weighted by Gasteiger charge is 2.30. The van der Waals surface area contributed by atoms with Gasteiger partial charge in [-0.05, 0) is 52.0 Å². The van der Waals surface area contributed by atoms with Gasteiger partial charge in [-0.15, -0.1) is 11.3 Å². The van der Waals surface area contributed by atoms with Crippen molar-refractivity contribution in [2.75, 3.05) is 20.1 Å². The van der Waals surface area contributed by atoms with Crippen LogP contribution in [0.25, 0.3) is 0 Å². The van der Waals surface area contributed by atoms with Gasteiger partial charge >= 0.3 is 6.09 Å². The number of rotatable bonds is 3. The summed E-state index contributed by atoms with van der Waals surface area (Å²) in [6.07, 6.45) is 1.80. The van der Waals surface area contributed by atoms with Crippen molar-refractivity contribution in [3.05, 3.63) is 22.4 Å². The summed E-state index contributed by atoms with van der Waals surface area (Å²) in [5.74, 6) is 0. The van der Waals surface area contributed by atoms with Crippen LogP contribution in [-0.4, -0.2) is 47.7 Å². The minimum atomic E-state index is -0.431. The molecule has 0 saturated carbocycles. The zero-order valence-electron chi connectivity index (χ0n) is 14.3. The molecule has 4 nitrogen and oxygen atoms in total. The maximum Gasteiger partial charge on any atom is 0.410 e. The van der Waals surface area contributed by atoms with E-state index in [4.69, 9.17) is 4.74 Å². The van der Waals surface area contributed by atoms with E-state index in [1.807, 2.05) is 39.2 Å². The summed E-state index contributed by atoms with van der Waals surface area (Å²) in [5, 5.41) is 2.13. The standard InChI is InChI=1S/C17H28N2O2S/c1-13(15-7-6-12-22-15)19-10-8-14(9-11-19)18(5)16(20)21-17(2,3)4/h6-7,12-14H,8-11H2,1-5H3. The predicted molar refractivity (Wildman–Crippen MR) is 91.3 cm³/mol. The van der Waals surface area contributed by atoms with Crippen molar-refractivity contribution >= 4 is 17.4 Å². The summed E-state index contributed by atoms with van der Waals surface area (Å²) in [6, 6.07) is 5.06. The van der Waals surface area contributed by atoms with Crippen molar-refractivity contribution in [3.8, 4) is 0 Å². The first-order chi connectivity index (χ1) is 10.3. The van der Waals surface area contributed by atoms with E-state index in [0.29, 0.717) is 6.04 Å². The van der Waals surface area contributed by atoms with Gasteiger partial charge in [-0.3, -0.25) is 4.90 Å². The number of hydrogen-bond acceptors (Lipinski definition) is 4. The molecule has 0 aromatic carbocycles. The Bertz CT molecular complexity index is 473. The van der Waals surface area contributed by atoms with E-state index in [-0.39, 0.29) is 12.1 Å². The zero-order chi connectivity index (χ0) is 16.3. The molecule has 1 fully saturated rings. The number of amides is 1. The lowest BCUT2D eigenvalue weighted by Gasteiger charge is -2.39. The number of likely N-dealkylation sites (tertiary alicyclic amines) is 1. The molecule has 1 saturated heterocycles. The third-order valence-electron chi connectivity index (χ3n) is 4.23. The van der Waals surface area contributed by atoms with Crippen molar-refractivity contribution in [3.63, 3.8) is 0 Å². The second kappa shape index (κ2) is 7.01. The Labute approximate surface area is 138 Å². The summed E-state index contributed by atoms with van der Waals surface area (Å²) in [4.78, 5) is 17.8. The first-order valence-electron chi connectivity index (χ1n) is 8.01. The maximum absolute atomic E-state index is 12.2. The molecule has 0 spiro atoms. The fourth-order valence-electron chi connectivity index (χ4n) is 2.85. The van der Waals surface area contributed by atoms with Crippen molar-refractivity contribution in [1.82, 2.24) is 9.80 Å². The largest absolute Gasteiger partial charge is 0.444 e. The summed E-state index contributed by atoms with van der Waals surface area (Å²) in [7, 11) is 1.86. The number of carbonyl (C=O) groups is 1. The Balaban J connectivity index is 1.85. The number of hydrogen-bond donors (Lipinski definition) is 0. The molecule has 1 aromatic rings. The lowest BCUT2D eigenvalue weighted by Crippen LogP contribution is -2.47. The van der Waals surface area contributed by atoms with Gasteiger partial charge in [0.15, 0.2) is 0 Å². The molecule has 1 unspecified atom stereocenters. The molecular weight excluding hydrogens is 296 g/mol.